The van der Waals surface area contributed by atoms with E-state index in [-0.39, 0.29) is 25.2 Å². The maximum Gasteiger partial charge on any atom is 0.309 e. The molecule has 2 aliphatic rings. The quantitative estimate of drug-likeness (QED) is 0.359. The fourth-order valence-corrected chi connectivity index (χ4v) is 6.25. The third-order valence-electron chi connectivity index (χ3n) is 6.74. The zero-order chi connectivity index (χ0) is 26.1. The van der Waals surface area contributed by atoms with Crippen molar-refractivity contribution in [2.75, 3.05) is 32.3 Å². The summed E-state index contributed by atoms with van der Waals surface area (Å²) in [6, 6.07) is 17.9. The lowest BCUT2D eigenvalue weighted by atomic mass is 9.82. The molecule has 2 aliphatic heterocycles. The molecule has 2 N–H and O–H groups in total. The molecular weight excluding hydrogens is 608 g/mol. The Morgan fingerprint density at radius 2 is 1.70 bits per heavy atom. The van der Waals surface area contributed by atoms with Crippen molar-refractivity contribution in [2.45, 2.75) is 12.0 Å². The molecule has 0 bridgehead atoms. The van der Waals surface area contributed by atoms with E-state index in [0.717, 1.165) is 20.1 Å². The molecule has 3 aromatic rings. The summed E-state index contributed by atoms with van der Waals surface area (Å²) in [6.07, 6.45) is 0. The average molecular weight is 632 g/mol. The van der Waals surface area contributed by atoms with E-state index in [0.29, 0.717) is 29.5 Å². The number of rotatable bonds is 7. The molecule has 0 aromatic heterocycles. The standard InChI is InChI=1S/C27H24Br2N2O6/c1-35-17-8-5-15(6-9-17)26-24(27(33)34)18(16-7-10-21-22(11-16)37-14-36-21)12-31(26)13-23(32)30-25-19(28)3-2-4-20(25)29/h2-11,18,24,26H,12-14H2,1H3,(H,30,32)(H,33,34)/t18-,24+,26-/m1/s1. The third kappa shape index (κ3) is 5.18. The molecule has 3 aromatic carbocycles. The highest BCUT2D eigenvalue weighted by molar-refractivity contribution is 9.11. The molecule has 1 saturated heterocycles. The molecule has 1 amide bonds. The summed E-state index contributed by atoms with van der Waals surface area (Å²) in [5, 5.41) is 13.4. The van der Waals surface area contributed by atoms with Crippen LogP contribution in [0.3, 0.4) is 0 Å². The number of carboxylic acids is 1. The number of carbonyl (C=O) groups excluding carboxylic acids is 1. The molecular formula is C27H24Br2N2O6. The number of methoxy groups -OCH3 is 1. The Labute approximate surface area is 230 Å². The van der Waals surface area contributed by atoms with E-state index in [1.807, 2.05) is 47.4 Å². The summed E-state index contributed by atoms with van der Waals surface area (Å²) in [5.41, 5.74) is 2.24. The maximum atomic E-state index is 13.2. The summed E-state index contributed by atoms with van der Waals surface area (Å²) in [5.74, 6) is -0.447. The van der Waals surface area contributed by atoms with Gasteiger partial charge in [-0.2, -0.15) is 0 Å². The van der Waals surface area contributed by atoms with Gasteiger partial charge in [0.1, 0.15) is 5.75 Å². The fourth-order valence-electron chi connectivity index (χ4n) is 5.05. The predicted octanol–water partition coefficient (Wildman–Crippen LogP) is 5.43. The largest absolute Gasteiger partial charge is 0.497 e. The molecule has 0 aliphatic carbocycles. The molecule has 0 saturated carbocycles. The van der Waals surface area contributed by atoms with Crippen LogP contribution in [0.15, 0.2) is 69.6 Å². The van der Waals surface area contributed by atoms with Crippen LogP contribution in [-0.2, 0) is 9.59 Å². The van der Waals surface area contributed by atoms with Gasteiger partial charge < -0.3 is 24.6 Å². The minimum atomic E-state index is -0.931. The van der Waals surface area contributed by atoms with E-state index in [1.54, 1.807) is 25.3 Å². The minimum Gasteiger partial charge on any atom is -0.497 e. The normalized spacial score (nSPS) is 20.6. The zero-order valence-corrected chi connectivity index (χ0v) is 23.0. The number of nitrogens with one attached hydrogen (secondary N) is 1. The van der Waals surface area contributed by atoms with Gasteiger partial charge in [0, 0.05) is 27.4 Å². The van der Waals surface area contributed by atoms with Gasteiger partial charge in [0.05, 0.1) is 25.3 Å². The first-order chi connectivity index (χ1) is 17.9. The van der Waals surface area contributed by atoms with E-state index < -0.39 is 17.9 Å². The fraction of sp³-hybridized carbons (Fsp3) is 0.259. The Balaban J connectivity index is 1.49. The van der Waals surface area contributed by atoms with Crippen LogP contribution in [0.1, 0.15) is 23.1 Å². The summed E-state index contributed by atoms with van der Waals surface area (Å²) in [6.45, 7) is 0.518. The Kier molecular flexibility index (Phi) is 7.41. The van der Waals surface area contributed by atoms with Gasteiger partial charge in [0.25, 0.3) is 0 Å². The van der Waals surface area contributed by atoms with Crippen molar-refractivity contribution in [1.82, 2.24) is 4.90 Å². The second-order valence-corrected chi connectivity index (χ2v) is 10.6. The van der Waals surface area contributed by atoms with E-state index in [4.69, 9.17) is 14.2 Å². The molecule has 8 nitrogen and oxygen atoms in total. The van der Waals surface area contributed by atoms with E-state index in [9.17, 15) is 14.7 Å². The zero-order valence-electron chi connectivity index (χ0n) is 19.8. The van der Waals surface area contributed by atoms with Crippen LogP contribution in [-0.4, -0.2) is 48.9 Å². The number of hydrogen-bond donors (Lipinski definition) is 2. The van der Waals surface area contributed by atoms with Gasteiger partial charge in [0.2, 0.25) is 12.7 Å². The average Bonchev–Trinajstić information content (AvgIpc) is 3.50. The summed E-state index contributed by atoms with van der Waals surface area (Å²) in [4.78, 5) is 27.9. The molecule has 2 heterocycles. The van der Waals surface area contributed by atoms with E-state index >= 15 is 0 Å². The molecule has 192 valence electrons. The van der Waals surface area contributed by atoms with Crippen molar-refractivity contribution in [3.05, 3.63) is 80.7 Å². The topological polar surface area (TPSA) is 97.3 Å². The number of ether oxygens (including phenoxy) is 3. The van der Waals surface area contributed by atoms with Gasteiger partial charge in [-0.3, -0.25) is 14.5 Å². The van der Waals surface area contributed by atoms with Crippen molar-refractivity contribution in [1.29, 1.82) is 0 Å². The Morgan fingerprint density at radius 3 is 2.38 bits per heavy atom. The first-order valence-electron chi connectivity index (χ1n) is 11.6. The molecule has 0 unspecified atom stereocenters. The van der Waals surface area contributed by atoms with Crippen LogP contribution in [0.25, 0.3) is 0 Å². The van der Waals surface area contributed by atoms with Crippen LogP contribution in [0.4, 0.5) is 5.69 Å². The van der Waals surface area contributed by atoms with Crippen LogP contribution in [0.5, 0.6) is 17.2 Å². The number of fused-ring (bicyclic) bond motifs is 1. The lowest BCUT2D eigenvalue weighted by Gasteiger charge is -2.27. The van der Waals surface area contributed by atoms with E-state index in [2.05, 4.69) is 37.2 Å². The Bertz CT molecular complexity index is 1310. The molecule has 37 heavy (non-hydrogen) atoms. The number of carbonyl (C=O) groups is 2. The van der Waals surface area contributed by atoms with Crippen molar-refractivity contribution in [2.24, 2.45) is 5.92 Å². The number of likely N-dealkylation sites (tertiary alicyclic amines) is 1. The lowest BCUT2D eigenvalue weighted by molar-refractivity contribution is -0.143. The van der Waals surface area contributed by atoms with Crippen LogP contribution >= 0.6 is 31.9 Å². The molecule has 5 rings (SSSR count). The molecule has 0 radical (unpaired) electrons. The number of benzene rings is 3. The Hall–Kier alpha value is -3.08. The van der Waals surface area contributed by atoms with Gasteiger partial charge in [-0.25, -0.2) is 0 Å². The SMILES string of the molecule is COc1ccc([C@@H]2[C@@H](C(=O)O)[C@@H](c3ccc4c(c3)OCO4)CN2CC(=O)Nc2c(Br)cccc2Br)cc1. The van der Waals surface area contributed by atoms with Crippen molar-refractivity contribution in [3.8, 4) is 17.2 Å². The smallest absolute Gasteiger partial charge is 0.309 e. The molecule has 10 heteroatoms. The van der Waals surface area contributed by atoms with E-state index in [1.165, 1.54) is 0 Å². The monoisotopic (exact) mass is 630 g/mol. The number of amides is 1. The summed E-state index contributed by atoms with van der Waals surface area (Å²) >= 11 is 6.95. The van der Waals surface area contributed by atoms with Gasteiger partial charge in [0.15, 0.2) is 11.5 Å². The van der Waals surface area contributed by atoms with Gasteiger partial charge >= 0.3 is 5.97 Å². The molecule has 3 atom stereocenters. The van der Waals surface area contributed by atoms with Crippen molar-refractivity contribution >= 4 is 49.4 Å². The van der Waals surface area contributed by atoms with Crippen LogP contribution < -0.4 is 19.5 Å². The highest BCUT2D eigenvalue weighted by atomic mass is 79.9. The highest BCUT2D eigenvalue weighted by Gasteiger charge is 2.48. The van der Waals surface area contributed by atoms with Gasteiger partial charge in [-0.05, 0) is 79.4 Å². The number of hydrogen-bond acceptors (Lipinski definition) is 6. The Morgan fingerprint density at radius 1 is 1.03 bits per heavy atom. The number of aliphatic carboxylic acids is 1. The third-order valence-corrected chi connectivity index (χ3v) is 8.06. The van der Waals surface area contributed by atoms with Crippen molar-refractivity contribution < 1.29 is 28.9 Å². The van der Waals surface area contributed by atoms with Crippen LogP contribution in [0, 0.1) is 5.92 Å². The minimum absolute atomic E-state index is 0.00923. The predicted molar refractivity (Wildman–Crippen MR) is 144 cm³/mol. The number of para-hydroxylation sites is 1. The first-order valence-corrected chi connectivity index (χ1v) is 13.2. The second kappa shape index (κ2) is 10.7. The number of anilines is 1. The van der Waals surface area contributed by atoms with Crippen molar-refractivity contribution in [3.63, 3.8) is 0 Å². The maximum absolute atomic E-state index is 13.2. The molecule has 1 fully saturated rings. The first kappa shape index (κ1) is 25.6. The number of nitrogens with zero attached hydrogens (tertiary/aromatic N) is 1. The highest BCUT2D eigenvalue weighted by Crippen LogP contribution is 2.47. The van der Waals surface area contributed by atoms with Gasteiger partial charge in [-0.1, -0.05) is 24.3 Å². The summed E-state index contributed by atoms with van der Waals surface area (Å²) in [7, 11) is 1.58. The number of carboxylic acid groups (broad SMARTS) is 1. The second-order valence-electron chi connectivity index (χ2n) is 8.88. The molecule has 0 spiro atoms. The van der Waals surface area contributed by atoms with Crippen LogP contribution in [0.2, 0.25) is 0 Å². The number of halogens is 2. The summed E-state index contributed by atoms with van der Waals surface area (Å²) < 4.78 is 17.7. The van der Waals surface area contributed by atoms with Gasteiger partial charge in [-0.15, -0.1) is 0 Å². The lowest BCUT2D eigenvalue weighted by Crippen LogP contribution is -2.35.